The van der Waals surface area contributed by atoms with Gasteiger partial charge >= 0.3 is 0 Å². The minimum absolute atomic E-state index is 0.102. The summed E-state index contributed by atoms with van der Waals surface area (Å²) in [6, 6.07) is 0. The Kier molecular flexibility index (Phi) is 3.03. The molecular formula is C14H22O. The highest BCUT2D eigenvalue weighted by molar-refractivity contribution is 5.23. The van der Waals surface area contributed by atoms with E-state index in [0.717, 1.165) is 6.42 Å². The minimum atomic E-state index is -1.01. The van der Waals surface area contributed by atoms with Crippen LogP contribution >= 0.6 is 0 Å². The first-order valence-electron chi connectivity index (χ1n) is 5.60. The quantitative estimate of drug-likeness (QED) is 0.516. The summed E-state index contributed by atoms with van der Waals surface area (Å²) in [5.74, 6) is 3.15. The van der Waals surface area contributed by atoms with Gasteiger partial charge in [0.2, 0.25) is 0 Å². The molecule has 0 aromatic heterocycles. The maximum atomic E-state index is 10.1. The van der Waals surface area contributed by atoms with Crippen molar-refractivity contribution in [1.82, 2.24) is 0 Å². The van der Waals surface area contributed by atoms with Gasteiger partial charge in [-0.25, -0.2) is 0 Å². The molecular weight excluding hydrogens is 184 g/mol. The Morgan fingerprint density at radius 2 is 2.13 bits per heavy atom. The first kappa shape index (κ1) is 12.3. The van der Waals surface area contributed by atoms with Crippen molar-refractivity contribution in [1.29, 1.82) is 0 Å². The van der Waals surface area contributed by atoms with Crippen LogP contribution in [-0.4, -0.2) is 10.7 Å². The Balaban J connectivity index is 3.05. The van der Waals surface area contributed by atoms with Crippen LogP contribution in [0.15, 0.2) is 11.6 Å². The molecule has 0 fully saturated rings. The summed E-state index contributed by atoms with van der Waals surface area (Å²) < 4.78 is 0. The lowest BCUT2D eigenvalue weighted by atomic mass is 9.64. The lowest BCUT2D eigenvalue weighted by Gasteiger charge is -2.42. The Morgan fingerprint density at radius 1 is 1.60 bits per heavy atom. The Labute approximate surface area is 93.6 Å². The number of allylic oxidation sites excluding steroid dienone is 1. The van der Waals surface area contributed by atoms with Gasteiger partial charge in [-0.1, -0.05) is 38.3 Å². The maximum absolute atomic E-state index is 10.1. The second kappa shape index (κ2) is 3.68. The third-order valence-corrected chi connectivity index (χ3v) is 3.98. The zero-order chi connectivity index (χ0) is 11.9. The van der Waals surface area contributed by atoms with E-state index in [9.17, 15) is 5.11 Å². The van der Waals surface area contributed by atoms with Crippen LogP contribution in [0, 0.1) is 29.6 Å². The van der Waals surface area contributed by atoms with Crippen molar-refractivity contribution in [3.8, 4) is 12.3 Å². The molecule has 0 heterocycles. The highest BCUT2D eigenvalue weighted by atomic mass is 16.3. The zero-order valence-electron chi connectivity index (χ0n) is 10.5. The van der Waals surface area contributed by atoms with Crippen molar-refractivity contribution in [3.63, 3.8) is 0 Å². The third-order valence-electron chi connectivity index (χ3n) is 3.98. The van der Waals surface area contributed by atoms with Crippen LogP contribution in [0.3, 0.4) is 0 Å². The van der Waals surface area contributed by atoms with Crippen LogP contribution in [-0.2, 0) is 0 Å². The van der Waals surface area contributed by atoms with Gasteiger partial charge in [0.1, 0.15) is 5.60 Å². The largest absolute Gasteiger partial charge is 0.377 e. The summed E-state index contributed by atoms with van der Waals surface area (Å²) >= 11 is 0. The number of hydrogen-bond donors (Lipinski definition) is 1. The van der Waals surface area contributed by atoms with Crippen LogP contribution in [0.25, 0.3) is 0 Å². The Morgan fingerprint density at radius 3 is 2.60 bits per heavy atom. The SMILES string of the molecule is C#CC(C)(O)C1CC(C)C(C)(C)C=C1C. The standard InChI is InChI=1S/C14H22O/c1-7-14(6,15)12-8-11(3)13(4,5)9-10(12)2/h1,9,11-12,15H,8H2,2-6H3. The summed E-state index contributed by atoms with van der Waals surface area (Å²) in [6.45, 7) is 10.5. The number of hydrogen-bond acceptors (Lipinski definition) is 1. The highest BCUT2D eigenvalue weighted by Crippen LogP contribution is 2.44. The molecule has 0 saturated heterocycles. The van der Waals surface area contributed by atoms with E-state index >= 15 is 0 Å². The molecule has 1 heteroatoms. The minimum Gasteiger partial charge on any atom is -0.377 e. The predicted molar refractivity (Wildman–Crippen MR) is 64.3 cm³/mol. The third kappa shape index (κ3) is 2.26. The number of aliphatic hydroxyl groups is 1. The first-order chi connectivity index (χ1) is 6.70. The van der Waals surface area contributed by atoms with Crippen LogP contribution in [0.1, 0.15) is 41.0 Å². The number of rotatable bonds is 1. The van der Waals surface area contributed by atoms with Gasteiger partial charge < -0.3 is 5.11 Å². The fraction of sp³-hybridized carbons (Fsp3) is 0.714. The van der Waals surface area contributed by atoms with Crippen molar-refractivity contribution in [2.24, 2.45) is 17.3 Å². The topological polar surface area (TPSA) is 20.2 Å². The molecule has 0 radical (unpaired) electrons. The van der Waals surface area contributed by atoms with Gasteiger partial charge in [-0.2, -0.15) is 0 Å². The van der Waals surface area contributed by atoms with Crippen molar-refractivity contribution in [2.75, 3.05) is 0 Å². The van der Waals surface area contributed by atoms with E-state index in [4.69, 9.17) is 6.42 Å². The van der Waals surface area contributed by atoms with Gasteiger partial charge in [0.15, 0.2) is 0 Å². The monoisotopic (exact) mass is 206 g/mol. The van der Waals surface area contributed by atoms with Crippen molar-refractivity contribution >= 4 is 0 Å². The van der Waals surface area contributed by atoms with Gasteiger partial charge in [-0.15, -0.1) is 6.42 Å². The molecule has 0 spiro atoms. The van der Waals surface area contributed by atoms with E-state index in [-0.39, 0.29) is 11.3 Å². The molecule has 0 amide bonds. The normalized spacial score (nSPS) is 33.8. The lowest BCUT2D eigenvalue weighted by molar-refractivity contribution is 0.0453. The molecule has 0 aromatic carbocycles. The van der Waals surface area contributed by atoms with E-state index in [2.05, 4.69) is 39.7 Å². The van der Waals surface area contributed by atoms with Crippen molar-refractivity contribution in [3.05, 3.63) is 11.6 Å². The molecule has 1 aliphatic rings. The predicted octanol–water partition coefficient (Wildman–Crippen LogP) is 3.00. The molecule has 1 aliphatic carbocycles. The van der Waals surface area contributed by atoms with Crippen molar-refractivity contribution in [2.45, 2.75) is 46.6 Å². The molecule has 3 atom stereocenters. The smallest absolute Gasteiger partial charge is 0.128 e. The van der Waals surface area contributed by atoms with Crippen LogP contribution < -0.4 is 0 Å². The fourth-order valence-electron chi connectivity index (χ4n) is 2.45. The zero-order valence-corrected chi connectivity index (χ0v) is 10.5. The summed E-state index contributed by atoms with van der Waals surface area (Å²) in [7, 11) is 0. The van der Waals surface area contributed by atoms with E-state index in [1.807, 2.05) is 0 Å². The average Bonchev–Trinajstić information content (AvgIpc) is 2.10. The Hall–Kier alpha value is -0.740. The molecule has 15 heavy (non-hydrogen) atoms. The summed E-state index contributed by atoms with van der Waals surface area (Å²) in [6.07, 6.45) is 8.61. The summed E-state index contributed by atoms with van der Waals surface area (Å²) in [5, 5.41) is 10.1. The second-order valence-corrected chi connectivity index (χ2v) is 5.69. The van der Waals surface area contributed by atoms with Gasteiger partial charge in [0.05, 0.1) is 0 Å². The van der Waals surface area contributed by atoms with Crippen LogP contribution in [0.4, 0.5) is 0 Å². The van der Waals surface area contributed by atoms with E-state index in [1.54, 1.807) is 6.92 Å². The van der Waals surface area contributed by atoms with Gasteiger partial charge in [0, 0.05) is 5.92 Å². The highest BCUT2D eigenvalue weighted by Gasteiger charge is 2.39. The molecule has 1 rings (SSSR count). The first-order valence-corrected chi connectivity index (χ1v) is 5.60. The van der Waals surface area contributed by atoms with Crippen LogP contribution in [0.5, 0.6) is 0 Å². The van der Waals surface area contributed by atoms with E-state index in [0.29, 0.717) is 5.92 Å². The molecule has 1 N–H and O–H groups in total. The summed E-state index contributed by atoms with van der Waals surface area (Å²) in [4.78, 5) is 0. The molecule has 84 valence electrons. The maximum Gasteiger partial charge on any atom is 0.128 e. The molecule has 1 nitrogen and oxygen atoms in total. The van der Waals surface area contributed by atoms with Gasteiger partial charge in [-0.3, -0.25) is 0 Å². The van der Waals surface area contributed by atoms with E-state index < -0.39 is 5.60 Å². The molecule has 3 unspecified atom stereocenters. The molecule has 0 aromatic rings. The van der Waals surface area contributed by atoms with Crippen LogP contribution in [0.2, 0.25) is 0 Å². The molecule has 0 saturated carbocycles. The molecule has 0 aliphatic heterocycles. The number of terminal acetylenes is 1. The lowest BCUT2D eigenvalue weighted by Crippen LogP contribution is -2.40. The molecule has 0 bridgehead atoms. The van der Waals surface area contributed by atoms with Gasteiger partial charge in [0.25, 0.3) is 0 Å². The second-order valence-electron chi connectivity index (χ2n) is 5.69. The summed E-state index contributed by atoms with van der Waals surface area (Å²) in [5.41, 5.74) is 0.428. The fourth-order valence-corrected chi connectivity index (χ4v) is 2.45. The van der Waals surface area contributed by atoms with Crippen molar-refractivity contribution < 1.29 is 5.11 Å². The average molecular weight is 206 g/mol. The Bertz CT molecular complexity index is 315. The van der Waals surface area contributed by atoms with E-state index in [1.165, 1.54) is 5.57 Å². The van der Waals surface area contributed by atoms with Gasteiger partial charge in [-0.05, 0) is 31.6 Å².